The Morgan fingerprint density at radius 3 is 1.78 bits per heavy atom. The van der Waals surface area contributed by atoms with Crippen molar-refractivity contribution in [2.45, 2.75) is 43.2 Å². The van der Waals surface area contributed by atoms with Crippen LogP contribution in [0.4, 0.5) is 0 Å². The summed E-state index contributed by atoms with van der Waals surface area (Å²) in [6, 6.07) is 37.9. The summed E-state index contributed by atoms with van der Waals surface area (Å²) in [5.74, 6) is 0.515. The molecule has 1 aliphatic heterocycles. The van der Waals surface area contributed by atoms with Gasteiger partial charge in [0, 0.05) is 5.92 Å². The van der Waals surface area contributed by atoms with E-state index in [9.17, 15) is 0 Å². The standard InChI is InChI=1S/C35H32Si/c1-3-11-25(12-4-1)27-18-20-30-31-21-19-28(26-13-5-2-6-14-26)24-33(31)35(32(30)23-27)34-17-9-10-22-36(34)29-15-7-8-16-29/h1-8,11-15,18-21,23-24,34-36H,9-10,16-17,22H2. The highest BCUT2D eigenvalue weighted by Gasteiger charge is 2.41. The van der Waals surface area contributed by atoms with Crippen LogP contribution in [-0.4, -0.2) is 8.80 Å². The Bertz CT molecular complexity index is 1370. The minimum Gasteiger partial charge on any atom is -0.0809 e. The lowest BCUT2D eigenvalue weighted by atomic mass is 9.87. The van der Waals surface area contributed by atoms with E-state index in [4.69, 9.17) is 0 Å². The molecule has 2 unspecified atom stereocenters. The molecule has 3 aliphatic rings. The fourth-order valence-electron chi connectivity index (χ4n) is 7.14. The maximum absolute atomic E-state index is 2.54. The van der Waals surface area contributed by atoms with E-state index < -0.39 is 8.80 Å². The number of hydrogen-bond acceptors (Lipinski definition) is 0. The zero-order valence-corrected chi connectivity index (χ0v) is 21.9. The summed E-state index contributed by atoms with van der Waals surface area (Å²) < 4.78 is 0. The Kier molecular flexibility index (Phi) is 5.59. The Balaban J connectivity index is 1.39. The molecule has 1 fully saturated rings. The minimum absolute atomic E-state index is 0.515. The van der Waals surface area contributed by atoms with Gasteiger partial charge in [-0.3, -0.25) is 0 Å². The fourth-order valence-corrected chi connectivity index (χ4v) is 11.5. The van der Waals surface area contributed by atoms with Crippen LogP contribution in [0.25, 0.3) is 33.4 Å². The maximum atomic E-state index is 2.54. The van der Waals surface area contributed by atoms with Crippen LogP contribution in [0.15, 0.2) is 120 Å². The van der Waals surface area contributed by atoms with Gasteiger partial charge in [-0.2, -0.15) is 0 Å². The van der Waals surface area contributed by atoms with Crippen molar-refractivity contribution in [3.63, 3.8) is 0 Å². The van der Waals surface area contributed by atoms with Crippen molar-refractivity contribution in [3.05, 3.63) is 132 Å². The lowest BCUT2D eigenvalue weighted by Crippen LogP contribution is -2.31. The molecule has 1 heterocycles. The van der Waals surface area contributed by atoms with Gasteiger partial charge in [0.1, 0.15) is 0 Å². The summed E-state index contributed by atoms with van der Waals surface area (Å²) in [5.41, 5.74) is 12.2. The molecule has 4 aromatic rings. The molecule has 0 saturated carbocycles. The van der Waals surface area contributed by atoms with Crippen LogP contribution in [-0.2, 0) is 0 Å². The molecule has 0 nitrogen and oxygen atoms in total. The average Bonchev–Trinajstić information content (AvgIpc) is 3.60. The molecule has 0 bridgehead atoms. The second-order valence-corrected chi connectivity index (χ2v) is 14.1. The lowest BCUT2D eigenvalue weighted by molar-refractivity contribution is 0.579. The number of hydrogen-bond donors (Lipinski definition) is 0. The summed E-state index contributed by atoms with van der Waals surface area (Å²) in [4.78, 5) is 0. The summed E-state index contributed by atoms with van der Waals surface area (Å²) in [6.07, 6.45) is 12.6. The molecular formula is C35H32Si. The first-order chi connectivity index (χ1) is 17.9. The Hall–Kier alpha value is -3.42. The van der Waals surface area contributed by atoms with E-state index in [0.29, 0.717) is 5.92 Å². The molecule has 0 radical (unpaired) electrons. The lowest BCUT2D eigenvalue weighted by Gasteiger charge is -2.37. The largest absolute Gasteiger partial charge is 0.0809 e. The van der Waals surface area contributed by atoms with Gasteiger partial charge in [-0.1, -0.05) is 134 Å². The molecule has 0 aromatic heterocycles. The Labute approximate surface area is 216 Å². The number of fused-ring (bicyclic) bond motifs is 3. The zero-order valence-electron chi connectivity index (χ0n) is 20.7. The second kappa shape index (κ2) is 9.22. The molecule has 0 amide bonds. The highest BCUT2D eigenvalue weighted by Crippen LogP contribution is 2.56. The van der Waals surface area contributed by atoms with Gasteiger partial charge >= 0.3 is 0 Å². The second-order valence-electron chi connectivity index (χ2n) is 10.7. The molecule has 2 aliphatic carbocycles. The van der Waals surface area contributed by atoms with Crippen molar-refractivity contribution >= 4 is 8.80 Å². The van der Waals surface area contributed by atoms with E-state index in [1.54, 1.807) is 16.3 Å². The molecule has 36 heavy (non-hydrogen) atoms. The molecule has 0 N–H and O–H groups in total. The third-order valence-electron chi connectivity index (χ3n) is 8.80. The van der Waals surface area contributed by atoms with Gasteiger partial charge in [-0.15, -0.1) is 0 Å². The normalized spacial score (nSPS) is 20.7. The van der Waals surface area contributed by atoms with Crippen molar-refractivity contribution in [1.29, 1.82) is 0 Å². The van der Waals surface area contributed by atoms with E-state index in [0.717, 1.165) is 5.54 Å². The Morgan fingerprint density at radius 1 is 0.611 bits per heavy atom. The monoisotopic (exact) mass is 480 g/mol. The van der Waals surface area contributed by atoms with Gasteiger partial charge in [-0.05, 0) is 68.6 Å². The molecule has 1 heteroatoms. The van der Waals surface area contributed by atoms with E-state index in [2.05, 4.69) is 115 Å². The van der Waals surface area contributed by atoms with E-state index in [1.807, 2.05) is 0 Å². The highest BCUT2D eigenvalue weighted by atomic mass is 28.3. The number of allylic oxidation sites excluding steroid dienone is 4. The van der Waals surface area contributed by atoms with Crippen molar-refractivity contribution < 1.29 is 0 Å². The predicted molar refractivity (Wildman–Crippen MR) is 156 cm³/mol. The van der Waals surface area contributed by atoms with E-state index in [1.165, 1.54) is 65.1 Å². The summed E-state index contributed by atoms with van der Waals surface area (Å²) >= 11 is 0. The van der Waals surface area contributed by atoms with Gasteiger partial charge in [0.25, 0.3) is 0 Å². The molecular weight excluding hydrogens is 448 g/mol. The topological polar surface area (TPSA) is 0 Å². The SMILES string of the molecule is C1=CCC([SiH]2CCCCC2C2c3cc(-c4ccccc4)ccc3-c3ccc(-c4ccccc4)cc32)=C1. The first-order valence-corrected chi connectivity index (χ1v) is 15.7. The predicted octanol–water partition coefficient (Wildman–Crippen LogP) is 9.34. The number of rotatable bonds is 4. The zero-order chi connectivity index (χ0) is 23.9. The van der Waals surface area contributed by atoms with E-state index in [-0.39, 0.29) is 0 Å². The quantitative estimate of drug-likeness (QED) is 0.255. The van der Waals surface area contributed by atoms with Crippen molar-refractivity contribution in [2.24, 2.45) is 0 Å². The van der Waals surface area contributed by atoms with Crippen LogP contribution in [0.3, 0.4) is 0 Å². The van der Waals surface area contributed by atoms with Crippen molar-refractivity contribution in [3.8, 4) is 33.4 Å². The fraction of sp³-hybridized carbons (Fsp3) is 0.200. The van der Waals surface area contributed by atoms with Crippen LogP contribution in [0.1, 0.15) is 42.7 Å². The van der Waals surface area contributed by atoms with Crippen molar-refractivity contribution in [2.75, 3.05) is 0 Å². The van der Waals surface area contributed by atoms with Crippen LogP contribution < -0.4 is 0 Å². The van der Waals surface area contributed by atoms with Gasteiger partial charge in [0.2, 0.25) is 0 Å². The molecule has 1 saturated heterocycles. The van der Waals surface area contributed by atoms with Gasteiger partial charge in [0.15, 0.2) is 0 Å². The molecule has 4 aromatic carbocycles. The van der Waals surface area contributed by atoms with Crippen LogP contribution in [0, 0.1) is 0 Å². The molecule has 176 valence electrons. The third-order valence-corrected chi connectivity index (χ3v) is 13.0. The van der Waals surface area contributed by atoms with Gasteiger partial charge in [-0.25, -0.2) is 0 Å². The summed E-state index contributed by atoms with van der Waals surface area (Å²) in [7, 11) is -1.04. The number of benzene rings is 4. The minimum atomic E-state index is -1.04. The van der Waals surface area contributed by atoms with E-state index >= 15 is 0 Å². The smallest absolute Gasteiger partial charge is 0.0700 e. The first kappa shape index (κ1) is 21.8. The Morgan fingerprint density at radius 2 is 1.22 bits per heavy atom. The highest BCUT2D eigenvalue weighted by molar-refractivity contribution is 6.69. The molecule has 7 rings (SSSR count). The van der Waals surface area contributed by atoms with Crippen LogP contribution >= 0.6 is 0 Å². The molecule has 0 spiro atoms. The van der Waals surface area contributed by atoms with Gasteiger partial charge < -0.3 is 0 Å². The molecule has 2 atom stereocenters. The third kappa shape index (κ3) is 3.74. The van der Waals surface area contributed by atoms with Crippen molar-refractivity contribution in [1.82, 2.24) is 0 Å². The van der Waals surface area contributed by atoms with Crippen LogP contribution in [0.2, 0.25) is 11.6 Å². The van der Waals surface area contributed by atoms with Gasteiger partial charge in [0.05, 0.1) is 8.80 Å². The average molecular weight is 481 g/mol. The summed E-state index contributed by atoms with van der Waals surface area (Å²) in [5, 5.41) is 1.80. The maximum Gasteiger partial charge on any atom is 0.0700 e. The summed E-state index contributed by atoms with van der Waals surface area (Å²) in [6.45, 7) is 0. The first-order valence-electron chi connectivity index (χ1n) is 13.6. The van der Waals surface area contributed by atoms with Crippen LogP contribution in [0.5, 0.6) is 0 Å².